The van der Waals surface area contributed by atoms with Crippen LogP contribution < -0.4 is 5.63 Å². The number of carbonyl (C=O) groups excluding carboxylic acids is 3. The van der Waals surface area contributed by atoms with Crippen molar-refractivity contribution < 1.29 is 23.5 Å². The largest absolute Gasteiger partial charge is 0.457 e. The molecular weight excluding hydrogens is 470 g/mol. The van der Waals surface area contributed by atoms with Gasteiger partial charge in [-0.2, -0.15) is 0 Å². The Hall–Kier alpha value is -5.04. The molecule has 7 heteroatoms. The normalized spacial score (nSPS) is 12.8. The molecule has 1 aromatic heterocycles. The minimum atomic E-state index is -0.592. The summed E-state index contributed by atoms with van der Waals surface area (Å²) >= 11 is 0. The van der Waals surface area contributed by atoms with Crippen molar-refractivity contribution >= 4 is 39.5 Å². The predicted octanol–water partition coefficient (Wildman–Crippen LogP) is 5.10. The van der Waals surface area contributed by atoms with Gasteiger partial charge < -0.3 is 9.15 Å². The number of ether oxygens (including phenoxy) is 1. The number of hydrogen-bond acceptors (Lipinski definition) is 6. The molecule has 7 nitrogen and oxygen atoms in total. The second kappa shape index (κ2) is 8.87. The Labute approximate surface area is 210 Å². The fourth-order valence-electron chi connectivity index (χ4n) is 4.72. The summed E-state index contributed by atoms with van der Waals surface area (Å²) in [5.74, 6) is -1.32. The molecule has 2 amide bonds. The van der Waals surface area contributed by atoms with Gasteiger partial charge in [0, 0.05) is 17.0 Å². The van der Waals surface area contributed by atoms with Crippen LogP contribution in [-0.2, 0) is 17.9 Å². The lowest BCUT2D eigenvalue weighted by Crippen LogP contribution is -2.29. The van der Waals surface area contributed by atoms with Crippen LogP contribution in [0.3, 0.4) is 0 Å². The summed E-state index contributed by atoms with van der Waals surface area (Å²) < 4.78 is 10.9. The van der Waals surface area contributed by atoms with E-state index in [1.807, 2.05) is 30.3 Å². The van der Waals surface area contributed by atoms with Crippen LogP contribution in [0.25, 0.3) is 21.7 Å². The van der Waals surface area contributed by atoms with Gasteiger partial charge in [0.2, 0.25) is 0 Å². The van der Waals surface area contributed by atoms with Crippen LogP contribution in [0.5, 0.6) is 0 Å². The molecule has 0 fully saturated rings. The molecule has 0 bridgehead atoms. The van der Waals surface area contributed by atoms with E-state index in [2.05, 4.69) is 0 Å². The topological polar surface area (TPSA) is 93.9 Å². The smallest absolute Gasteiger partial charge is 0.338 e. The molecule has 6 rings (SSSR count). The Bertz CT molecular complexity index is 1770. The summed E-state index contributed by atoms with van der Waals surface area (Å²) in [5.41, 5.74) is 2.05. The minimum absolute atomic E-state index is 0.0316. The van der Waals surface area contributed by atoms with Crippen molar-refractivity contribution in [2.24, 2.45) is 0 Å². The highest BCUT2D eigenvalue weighted by Gasteiger charge is 2.35. The molecule has 4 aromatic carbocycles. The second-order valence-electron chi connectivity index (χ2n) is 8.77. The summed E-state index contributed by atoms with van der Waals surface area (Å²) in [6, 6.07) is 25.9. The number of fused-ring (bicyclic) bond motifs is 4. The zero-order valence-corrected chi connectivity index (χ0v) is 19.5. The number of esters is 1. The van der Waals surface area contributed by atoms with Gasteiger partial charge >= 0.3 is 11.6 Å². The Morgan fingerprint density at radius 2 is 1.51 bits per heavy atom. The molecule has 0 spiro atoms. The zero-order chi connectivity index (χ0) is 25.5. The van der Waals surface area contributed by atoms with E-state index in [0.717, 1.165) is 15.7 Å². The van der Waals surface area contributed by atoms with Crippen molar-refractivity contribution in [2.45, 2.75) is 13.2 Å². The van der Waals surface area contributed by atoms with E-state index in [4.69, 9.17) is 9.15 Å². The van der Waals surface area contributed by atoms with Gasteiger partial charge in [-0.15, -0.1) is 0 Å². The van der Waals surface area contributed by atoms with Crippen molar-refractivity contribution in [3.63, 3.8) is 0 Å². The summed E-state index contributed by atoms with van der Waals surface area (Å²) in [4.78, 5) is 51.6. The third-order valence-electron chi connectivity index (χ3n) is 6.45. The first-order chi connectivity index (χ1) is 18.0. The first-order valence-corrected chi connectivity index (χ1v) is 11.7. The van der Waals surface area contributed by atoms with Crippen LogP contribution in [0.15, 0.2) is 100 Å². The van der Waals surface area contributed by atoms with Crippen LogP contribution in [0.2, 0.25) is 0 Å². The van der Waals surface area contributed by atoms with Gasteiger partial charge in [0.25, 0.3) is 11.8 Å². The molecule has 37 heavy (non-hydrogen) atoms. The summed E-state index contributed by atoms with van der Waals surface area (Å²) in [6.07, 6.45) is 0. The molecule has 0 N–H and O–H groups in total. The molecule has 1 aliphatic rings. The van der Waals surface area contributed by atoms with Gasteiger partial charge in [-0.05, 0) is 46.7 Å². The number of benzene rings is 4. The van der Waals surface area contributed by atoms with Crippen molar-refractivity contribution in [1.29, 1.82) is 0 Å². The summed E-state index contributed by atoms with van der Waals surface area (Å²) in [5, 5.41) is 2.57. The van der Waals surface area contributed by atoms with Crippen LogP contribution >= 0.6 is 0 Å². The molecule has 0 aliphatic carbocycles. The SMILES string of the molecule is O=C(OCc1cc(=O)oc2ccc3ccccc3c12)c1cccc(CN2C(=O)c3ccccc3C2=O)c1. The zero-order valence-electron chi connectivity index (χ0n) is 19.5. The quantitative estimate of drug-likeness (QED) is 0.148. The van der Waals surface area contributed by atoms with E-state index in [0.29, 0.717) is 33.2 Å². The van der Waals surface area contributed by atoms with Crippen LogP contribution in [0, 0.1) is 0 Å². The number of carbonyl (C=O) groups is 3. The van der Waals surface area contributed by atoms with Crippen LogP contribution in [0.1, 0.15) is 42.2 Å². The number of rotatable bonds is 5. The molecule has 1 aliphatic heterocycles. The van der Waals surface area contributed by atoms with Crippen LogP contribution in [-0.4, -0.2) is 22.7 Å². The van der Waals surface area contributed by atoms with Crippen molar-refractivity contribution in [3.05, 3.63) is 129 Å². The molecule has 0 radical (unpaired) electrons. The van der Waals surface area contributed by atoms with Gasteiger partial charge in [0.05, 0.1) is 23.2 Å². The summed E-state index contributed by atoms with van der Waals surface area (Å²) in [6.45, 7) is -0.0958. The van der Waals surface area contributed by atoms with Gasteiger partial charge in [-0.25, -0.2) is 9.59 Å². The van der Waals surface area contributed by atoms with E-state index in [1.54, 1.807) is 54.6 Å². The van der Waals surface area contributed by atoms with Gasteiger partial charge in [0.15, 0.2) is 0 Å². The molecule has 0 atom stereocenters. The lowest BCUT2D eigenvalue weighted by Gasteiger charge is -2.14. The highest BCUT2D eigenvalue weighted by molar-refractivity contribution is 6.21. The van der Waals surface area contributed by atoms with Crippen LogP contribution in [0.4, 0.5) is 0 Å². The average molecular weight is 489 g/mol. The highest BCUT2D eigenvalue weighted by Crippen LogP contribution is 2.28. The lowest BCUT2D eigenvalue weighted by molar-refractivity contribution is 0.0473. The number of hydrogen-bond donors (Lipinski definition) is 0. The number of nitrogens with zero attached hydrogens (tertiary/aromatic N) is 1. The van der Waals surface area contributed by atoms with E-state index in [-0.39, 0.29) is 30.5 Å². The maximum atomic E-state index is 12.9. The van der Waals surface area contributed by atoms with E-state index >= 15 is 0 Å². The first kappa shape index (κ1) is 22.4. The van der Waals surface area contributed by atoms with Gasteiger partial charge in [0.1, 0.15) is 12.2 Å². The van der Waals surface area contributed by atoms with Gasteiger partial charge in [-0.3, -0.25) is 14.5 Å². The predicted molar refractivity (Wildman–Crippen MR) is 136 cm³/mol. The van der Waals surface area contributed by atoms with Crippen molar-refractivity contribution in [2.75, 3.05) is 0 Å². The number of amides is 2. The molecule has 0 unspecified atom stereocenters. The molecular formula is C30H19NO6. The Morgan fingerprint density at radius 1 is 0.784 bits per heavy atom. The maximum Gasteiger partial charge on any atom is 0.338 e. The molecule has 5 aromatic rings. The van der Waals surface area contributed by atoms with E-state index < -0.39 is 11.6 Å². The molecule has 180 valence electrons. The monoisotopic (exact) mass is 489 g/mol. The maximum absolute atomic E-state index is 12.9. The standard InChI is InChI=1S/C30H19NO6/c32-26-15-21(27-22-9-2-1-7-19(22)12-13-25(27)37-26)17-36-30(35)20-8-5-6-18(14-20)16-31-28(33)23-10-3-4-11-24(23)29(31)34/h1-15H,16-17H2. The second-order valence-corrected chi connectivity index (χ2v) is 8.77. The average Bonchev–Trinajstić information content (AvgIpc) is 3.16. The Kier molecular flexibility index (Phi) is 5.38. The highest BCUT2D eigenvalue weighted by atomic mass is 16.5. The molecule has 0 saturated heterocycles. The van der Waals surface area contributed by atoms with E-state index in [9.17, 15) is 19.2 Å². The summed E-state index contributed by atoms with van der Waals surface area (Å²) in [7, 11) is 0. The van der Waals surface area contributed by atoms with Gasteiger partial charge in [-0.1, -0.05) is 54.6 Å². The fraction of sp³-hybridized carbons (Fsp3) is 0.0667. The molecule has 2 heterocycles. The van der Waals surface area contributed by atoms with Crippen molar-refractivity contribution in [3.8, 4) is 0 Å². The first-order valence-electron chi connectivity index (χ1n) is 11.7. The fourth-order valence-corrected chi connectivity index (χ4v) is 4.72. The number of imide groups is 1. The third-order valence-corrected chi connectivity index (χ3v) is 6.45. The van der Waals surface area contributed by atoms with Crippen molar-refractivity contribution in [1.82, 2.24) is 4.90 Å². The Morgan fingerprint density at radius 3 is 2.30 bits per heavy atom. The minimum Gasteiger partial charge on any atom is -0.457 e. The Balaban J connectivity index is 1.24. The molecule has 0 saturated carbocycles. The lowest BCUT2D eigenvalue weighted by atomic mass is 10.0. The van der Waals surface area contributed by atoms with E-state index in [1.165, 1.54) is 6.07 Å². The third kappa shape index (κ3) is 3.96.